The first kappa shape index (κ1) is 28.5. The van der Waals surface area contributed by atoms with Gasteiger partial charge in [-0.2, -0.15) is 9.97 Å². The lowest BCUT2D eigenvalue weighted by Gasteiger charge is -2.28. The second-order valence-corrected chi connectivity index (χ2v) is 11.8. The summed E-state index contributed by atoms with van der Waals surface area (Å²) in [6.45, 7) is 4.39. The average Bonchev–Trinajstić information content (AvgIpc) is 3.56. The highest BCUT2D eigenvalue weighted by atomic mass is 31.2. The van der Waals surface area contributed by atoms with Crippen LogP contribution in [0.5, 0.6) is 11.6 Å². The maximum atomic E-state index is 12.7. The van der Waals surface area contributed by atoms with Gasteiger partial charge in [0.1, 0.15) is 23.7 Å². The molecule has 4 unspecified atom stereocenters. The van der Waals surface area contributed by atoms with Crippen molar-refractivity contribution in [3.05, 3.63) is 48.3 Å². The second-order valence-electron chi connectivity index (χ2n) is 10.6. The highest BCUT2D eigenvalue weighted by Gasteiger charge is 2.33. The third kappa shape index (κ3) is 5.98. The molecule has 1 aliphatic heterocycles. The number of carbonyl (C=O) groups excluding carboxylic acids is 1. The average molecular weight is 595 g/mol. The van der Waals surface area contributed by atoms with Crippen molar-refractivity contribution in [2.75, 3.05) is 26.1 Å². The van der Waals surface area contributed by atoms with E-state index >= 15 is 0 Å². The summed E-state index contributed by atoms with van der Waals surface area (Å²) < 4.78 is 31.8. The quantitative estimate of drug-likeness (QED) is 0.186. The summed E-state index contributed by atoms with van der Waals surface area (Å²) in [6, 6.07) is 13.2. The van der Waals surface area contributed by atoms with Crippen molar-refractivity contribution < 1.29 is 28.1 Å². The molecular weight excluding hydrogens is 559 g/mol. The summed E-state index contributed by atoms with van der Waals surface area (Å²) in [4.78, 5) is 25.9. The van der Waals surface area contributed by atoms with Crippen molar-refractivity contribution >= 4 is 42.4 Å². The second kappa shape index (κ2) is 12.3. The van der Waals surface area contributed by atoms with Crippen molar-refractivity contribution in [2.45, 2.75) is 63.8 Å². The number of anilines is 1. The van der Waals surface area contributed by atoms with Gasteiger partial charge in [-0.05, 0) is 51.0 Å². The molecule has 1 saturated carbocycles. The van der Waals surface area contributed by atoms with Gasteiger partial charge in [0.05, 0.1) is 32.5 Å². The van der Waals surface area contributed by atoms with Crippen molar-refractivity contribution in [2.24, 2.45) is 0 Å². The van der Waals surface area contributed by atoms with E-state index in [1.807, 2.05) is 54.0 Å². The molecule has 1 aliphatic carbocycles. The minimum absolute atomic E-state index is 0.00000627. The number of imidazole rings is 1. The topological polar surface area (TPSA) is 145 Å². The Morgan fingerprint density at radius 3 is 2.79 bits per heavy atom. The molecular formula is C29H35N6O6P. The Bertz CT molecular complexity index is 1570. The number of benzene rings is 2. The minimum Gasteiger partial charge on any atom is -0.479 e. The number of hydrogen-bond acceptors (Lipinski definition) is 11. The van der Waals surface area contributed by atoms with E-state index in [2.05, 4.69) is 20.0 Å². The Morgan fingerprint density at radius 1 is 1.19 bits per heavy atom. The Labute approximate surface area is 244 Å². The molecule has 4 atom stereocenters. The Balaban J connectivity index is 1.16. The number of nitrogens with one attached hydrogen (secondary N) is 1. The largest absolute Gasteiger partial charge is 0.479 e. The van der Waals surface area contributed by atoms with Crippen molar-refractivity contribution in [3.8, 4) is 11.6 Å². The van der Waals surface area contributed by atoms with Crippen molar-refractivity contribution in [1.29, 1.82) is 0 Å². The summed E-state index contributed by atoms with van der Waals surface area (Å²) >= 11 is 0. The van der Waals surface area contributed by atoms with Crippen LogP contribution in [0.15, 0.2) is 42.5 Å². The Morgan fingerprint density at radius 2 is 2.00 bits per heavy atom. The van der Waals surface area contributed by atoms with Gasteiger partial charge in [0.2, 0.25) is 11.8 Å². The molecule has 13 heteroatoms. The highest BCUT2D eigenvalue weighted by Crippen LogP contribution is 2.41. The number of carbonyl (C=O) groups is 1. The molecule has 4 aromatic rings. The minimum atomic E-state index is -1.72. The molecule has 3 heterocycles. The van der Waals surface area contributed by atoms with Gasteiger partial charge >= 0.3 is 14.5 Å². The zero-order valence-corrected chi connectivity index (χ0v) is 24.8. The zero-order valence-electron chi connectivity index (χ0n) is 23.9. The number of aromatic nitrogens is 4. The molecule has 12 nitrogen and oxygen atoms in total. The number of nitrogen functional groups attached to an aromatic ring is 1. The molecule has 2 fully saturated rings. The van der Waals surface area contributed by atoms with E-state index in [0.717, 1.165) is 35.9 Å². The fourth-order valence-electron chi connectivity index (χ4n) is 5.21. The van der Waals surface area contributed by atoms with E-state index in [4.69, 9.17) is 29.0 Å². The van der Waals surface area contributed by atoms with E-state index in [-0.39, 0.29) is 36.8 Å². The number of fused-ring (bicyclic) bond motifs is 2. The zero-order chi connectivity index (χ0) is 29.2. The molecule has 6 rings (SSSR count). The molecule has 2 aromatic heterocycles. The van der Waals surface area contributed by atoms with E-state index in [0.29, 0.717) is 35.8 Å². The molecule has 42 heavy (non-hydrogen) atoms. The van der Waals surface area contributed by atoms with Crippen LogP contribution in [0.25, 0.3) is 21.9 Å². The lowest BCUT2D eigenvalue weighted by Crippen LogP contribution is -2.37. The van der Waals surface area contributed by atoms with Gasteiger partial charge in [0.15, 0.2) is 11.2 Å². The normalized spacial score (nSPS) is 20.4. The predicted molar refractivity (Wildman–Crippen MR) is 158 cm³/mol. The number of ether oxygens (including phenoxy) is 3. The molecule has 0 bridgehead atoms. The van der Waals surface area contributed by atoms with E-state index in [1.54, 1.807) is 6.92 Å². The van der Waals surface area contributed by atoms with Gasteiger partial charge in [-0.3, -0.25) is 4.79 Å². The molecule has 3 N–H and O–H groups in total. The summed E-state index contributed by atoms with van der Waals surface area (Å²) in [7, 11) is -0.188. The Kier molecular flexibility index (Phi) is 8.39. The Hall–Kier alpha value is -3.57. The fraction of sp³-hybridized carbons (Fsp3) is 0.448. The smallest absolute Gasteiger partial charge is 0.323 e. The van der Waals surface area contributed by atoms with Crippen LogP contribution in [0.4, 0.5) is 5.95 Å². The molecule has 2 aromatic carbocycles. The number of aryl methyl sites for hydroxylation is 1. The molecule has 0 radical (unpaired) electrons. The first-order chi connectivity index (χ1) is 20.4. The summed E-state index contributed by atoms with van der Waals surface area (Å²) in [5.41, 5.74) is 7.10. The van der Waals surface area contributed by atoms with Gasteiger partial charge in [-0.15, -0.1) is 0 Å². The molecule has 222 valence electrons. The maximum Gasteiger partial charge on any atom is 0.323 e. The molecule has 0 amide bonds. The number of hydrogen-bond donors (Lipinski definition) is 2. The van der Waals surface area contributed by atoms with Gasteiger partial charge in [0.25, 0.3) is 0 Å². The first-order valence-electron chi connectivity index (χ1n) is 14.1. The van der Waals surface area contributed by atoms with E-state index in [1.165, 1.54) is 7.11 Å². The molecule has 0 spiro atoms. The summed E-state index contributed by atoms with van der Waals surface area (Å²) in [6.07, 6.45) is 3.36. The lowest BCUT2D eigenvalue weighted by atomic mass is 9.96. The van der Waals surface area contributed by atoms with Crippen LogP contribution in [-0.4, -0.2) is 64.1 Å². The van der Waals surface area contributed by atoms with Crippen LogP contribution < -0.4 is 20.1 Å². The third-order valence-electron chi connectivity index (χ3n) is 7.62. The number of esters is 1. The monoisotopic (exact) mass is 594 g/mol. The van der Waals surface area contributed by atoms with Gasteiger partial charge in [0, 0.05) is 5.39 Å². The maximum absolute atomic E-state index is 12.7. The van der Waals surface area contributed by atoms with Crippen molar-refractivity contribution in [1.82, 2.24) is 24.6 Å². The lowest BCUT2D eigenvalue weighted by molar-refractivity contribution is -0.154. The number of nitrogens with two attached hydrogens (primary N) is 1. The van der Waals surface area contributed by atoms with Crippen LogP contribution >= 0.6 is 8.53 Å². The van der Waals surface area contributed by atoms with E-state index < -0.39 is 14.6 Å². The van der Waals surface area contributed by atoms with Gasteiger partial charge < -0.3 is 33.6 Å². The summed E-state index contributed by atoms with van der Waals surface area (Å²) in [5.74, 6) is 1.58. The number of rotatable bonds is 11. The fourth-order valence-corrected chi connectivity index (χ4v) is 6.45. The van der Waals surface area contributed by atoms with Crippen molar-refractivity contribution in [3.63, 3.8) is 0 Å². The standard InChI is InChI=1S/C29H35N6O6P/c1-17(28(36)40-21-10-7-11-21)34-42(41-24-13-6-9-19-8-4-5-12-23(19)24)39-16-22-14-20(15-38-22)35-18(2)31-25-26(35)32-29(30)33-27(25)37-3/h4-6,8-9,12-13,17,20-22,34H,7,10-11,14-16H2,1-3H3,(H2,30,32,33). The molecule has 2 aliphatic rings. The third-order valence-corrected chi connectivity index (χ3v) is 8.96. The first-order valence-corrected chi connectivity index (χ1v) is 15.3. The van der Waals surface area contributed by atoms with Crippen LogP contribution in [-0.2, 0) is 18.8 Å². The summed E-state index contributed by atoms with van der Waals surface area (Å²) in [5, 5.41) is 5.24. The SMILES string of the molecule is COc1nc(N)nc2c1nc(C)n2C1COC(COP(NC(C)C(=O)OC2CCC2)Oc2cccc3ccccc23)C1. The van der Waals surface area contributed by atoms with Crippen LogP contribution in [0, 0.1) is 6.92 Å². The van der Waals surface area contributed by atoms with E-state index in [9.17, 15) is 4.79 Å². The van der Waals surface area contributed by atoms with Crippen LogP contribution in [0.1, 0.15) is 44.5 Å². The highest BCUT2D eigenvalue weighted by molar-refractivity contribution is 7.45. The van der Waals surface area contributed by atoms with Crippen LogP contribution in [0.2, 0.25) is 0 Å². The molecule has 1 saturated heterocycles. The number of nitrogens with zero attached hydrogens (tertiary/aromatic N) is 4. The van der Waals surface area contributed by atoms with Crippen LogP contribution in [0.3, 0.4) is 0 Å². The number of methoxy groups -OCH3 is 1. The van der Waals surface area contributed by atoms with Gasteiger partial charge in [-0.1, -0.05) is 36.4 Å². The van der Waals surface area contributed by atoms with Gasteiger partial charge in [-0.25, -0.2) is 10.1 Å². The predicted octanol–water partition coefficient (Wildman–Crippen LogP) is 4.61.